The summed E-state index contributed by atoms with van der Waals surface area (Å²) in [6.07, 6.45) is 4.95. The van der Waals surface area contributed by atoms with Gasteiger partial charge in [0.2, 0.25) is 0 Å². The summed E-state index contributed by atoms with van der Waals surface area (Å²) in [6, 6.07) is 23.9. The number of nitrogens with one attached hydrogen (secondary N) is 1. The smallest absolute Gasteiger partial charge is 0.163 e. The van der Waals surface area contributed by atoms with Gasteiger partial charge in [-0.2, -0.15) is 5.10 Å². The van der Waals surface area contributed by atoms with Crippen LogP contribution in [-0.4, -0.2) is 60.2 Å². The van der Waals surface area contributed by atoms with Gasteiger partial charge in [0.1, 0.15) is 11.6 Å². The molecule has 6 aromatic rings. The number of benzene rings is 2. The highest BCUT2D eigenvalue weighted by molar-refractivity contribution is 6.01. The summed E-state index contributed by atoms with van der Waals surface area (Å²) >= 11 is 0. The molecule has 0 amide bonds. The van der Waals surface area contributed by atoms with E-state index < -0.39 is 0 Å². The van der Waals surface area contributed by atoms with Crippen LogP contribution >= 0.6 is 0 Å². The SMILES string of the molecule is Cc1cc(-c2cccc3nc(-c4ccc(N5CC6CC(C5)N6Cc5ccc6ncccc6c5)nc4)nc(N)c23)n[nH]1. The number of pyridine rings is 2. The van der Waals surface area contributed by atoms with Crippen molar-refractivity contribution in [3.8, 4) is 22.6 Å². The van der Waals surface area contributed by atoms with Crippen LogP contribution in [0.1, 0.15) is 17.7 Å². The van der Waals surface area contributed by atoms with E-state index in [9.17, 15) is 0 Å². The second-order valence-electron chi connectivity index (χ2n) is 11.1. The van der Waals surface area contributed by atoms with Crippen molar-refractivity contribution in [3.63, 3.8) is 0 Å². The number of nitrogens with two attached hydrogens (primary N) is 1. The van der Waals surface area contributed by atoms with Gasteiger partial charge in [-0.3, -0.25) is 15.0 Å². The highest BCUT2D eigenvalue weighted by atomic mass is 15.4. The zero-order valence-electron chi connectivity index (χ0n) is 22.7. The standard InChI is InChI=1S/C32H29N9/c1-19-12-28(39-38-19)25-5-2-6-27-30(25)31(33)37-32(36-27)22-8-10-29(35-15-22)40-17-23-14-24(18-40)41(23)16-20-7-9-26-21(13-20)4-3-11-34-26/h2-13,15,23-24H,14,16-18H2,1H3,(H,38,39)(H2,33,36,37). The Labute approximate surface area is 237 Å². The lowest BCUT2D eigenvalue weighted by Crippen LogP contribution is -2.68. The number of H-pyrrole nitrogens is 1. The molecular weight excluding hydrogens is 510 g/mol. The molecule has 3 saturated heterocycles. The number of aromatic amines is 1. The number of nitrogen functional groups attached to an aromatic ring is 1. The molecule has 0 radical (unpaired) electrons. The van der Waals surface area contributed by atoms with Crippen LogP contribution in [0.5, 0.6) is 0 Å². The molecule has 0 saturated carbocycles. The fraction of sp³-hybridized carbons (Fsp3) is 0.219. The lowest BCUT2D eigenvalue weighted by atomic mass is 9.86. The van der Waals surface area contributed by atoms with E-state index in [0.717, 1.165) is 64.4 Å². The maximum Gasteiger partial charge on any atom is 0.163 e. The van der Waals surface area contributed by atoms with Crippen LogP contribution < -0.4 is 10.6 Å². The van der Waals surface area contributed by atoms with Gasteiger partial charge in [-0.05, 0) is 61.4 Å². The van der Waals surface area contributed by atoms with Gasteiger partial charge in [0, 0.05) is 66.3 Å². The van der Waals surface area contributed by atoms with E-state index in [0.29, 0.717) is 23.7 Å². The predicted octanol–water partition coefficient (Wildman–Crippen LogP) is 4.98. The second kappa shape index (κ2) is 9.35. The summed E-state index contributed by atoms with van der Waals surface area (Å²) in [6.45, 7) is 4.91. The van der Waals surface area contributed by atoms with E-state index in [1.54, 1.807) is 0 Å². The molecule has 2 bridgehead atoms. The van der Waals surface area contributed by atoms with Gasteiger partial charge >= 0.3 is 0 Å². The fourth-order valence-corrected chi connectivity index (χ4v) is 6.38. The zero-order valence-corrected chi connectivity index (χ0v) is 22.7. The van der Waals surface area contributed by atoms with Crippen LogP contribution in [0.15, 0.2) is 79.1 Å². The lowest BCUT2D eigenvalue weighted by molar-refractivity contribution is -0.00865. The molecule has 9 heteroatoms. The average Bonchev–Trinajstić information content (AvgIpc) is 3.45. The Bertz CT molecular complexity index is 1900. The minimum absolute atomic E-state index is 0.434. The number of hydrogen-bond acceptors (Lipinski definition) is 8. The summed E-state index contributed by atoms with van der Waals surface area (Å²) in [5, 5.41) is 9.41. The lowest BCUT2D eigenvalue weighted by Gasteiger charge is -2.56. The monoisotopic (exact) mass is 539 g/mol. The number of rotatable bonds is 5. The summed E-state index contributed by atoms with van der Waals surface area (Å²) in [7, 11) is 0. The van der Waals surface area contributed by atoms with E-state index in [1.165, 1.54) is 17.4 Å². The van der Waals surface area contributed by atoms with Crippen LogP contribution in [0.25, 0.3) is 44.5 Å². The van der Waals surface area contributed by atoms with E-state index in [4.69, 9.17) is 15.7 Å². The van der Waals surface area contributed by atoms with Gasteiger partial charge < -0.3 is 10.6 Å². The van der Waals surface area contributed by atoms with E-state index in [2.05, 4.69) is 60.3 Å². The van der Waals surface area contributed by atoms with Crippen molar-refractivity contribution in [2.75, 3.05) is 23.7 Å². The molecular formula is C32H29N9. The molecule has 202 valence electrons. The van der Waals surface area contributed by atoms with Gasteiger partial charge in [0.05, 0.1) is 22.1 Å². The number of aryl methyl sites for hydroxylation is 1. The summed E-state index contributed by atoms with van der Waals surface area (Å²) in [4.78, 5) is 23.8. The third-order valence-electron chi connectivity index (χ3n) is 8.44. The molecule has 4 aromatic heterocycles. The number of nitrogens with zero attached hydrogens (tertiary/aromatic N) is 7. The molecule has 9 rings (SSSR count). The molecule has 3 N–H and O–H groups in total. The third-order valence-corrected chi connectivity index (χ3v) is 8.44. The quantitative estimate of drug-likeness (QED) is 0.315. The zero-order chi connectivity index (χ0) is 27.5. The minimum Gasteiger partial charge on any atom is -0.383 e. The van der Waals surface area contributed by atoms with Gasteiger partial charge in [-0.25, -0.2) is 15.0 Å². The fourth-order valence-electron chi connectivity index (χ4n) is 6.38. The Balaban J connectivity index is 0.990. The first-order chi connectivity index (χ1) is 20.1. The van der Waals surface area contributed by atoms with Crippen molar-refractivity contribution >= 4 is 33.4 Å². The topological polar surface area (TPSA) is 113 Å². The normalized spacial score (nSPS) is 18.6. The Hall–Kier alpha value is -4.89. The molecule has 2 aromatic carbocycles. The largest absolute Gasteiger partial charge is 0.383 e. The van der Waals surface area contributed by atoms with Crippen LogP contribution in [0.2, 0.25) is 0 Å². The number of anilines is 2. The molecule has 2 atom stereocenters. The number of aromatic nitrogens is 6. The van der Waals surface area contributed by atoms with Crippen molar-refractivity contribution in [1.29, 1.82) is 0 Å². The summed E-state index contributed by atoms with van der Waals surface area (Å²) < 4.78 is 0. The van der Waals surface area contributed by atoms with E-state index in [-0.39, 0.29) is 0 Å². The van der Waals surface area contributed by atoms with Crippen molar-refractivity contribution in [2.45, 2.75) is 32.0 Å². The highest BCUT2D eigenvalue weighted by Gasteiger charge is 2.44. The van der Waals surface area contributed by atoms with Crippen molar-refractivity contribution < 1.29 is 0 Å². The summed E-state index contributed by atoms with van der Waals surface area (Å²) in [5.41, 5.74) is 13.2. The first-order valence-corrected chi connectivity index (χ1v) is 14.0. The molecule has 3 aliphatic rings. The Morgan fingerprint density at radius 3 is 2.63 bits per heavy atom. The van der Waals surface area contributed by atoms with E-state index >= 15 is 0 Å². The van der Waals surface area contributed by atoms with Crippen LogP contribution in [0.3, 0.4) is 0 Å². The number of fused-ring (bicyclic) bond motifs is 4. The molecule has 41 heavy (non-hydrogen) atoms. The van der Waals surface area contributed by atoms with Crippen molar-refractivity contribution in [3.05, 3.63) is 90.4 Å². The molecule has 7 heterocycles. The first-order valence-electron chi connectivity index (χ1n) is 14.0. The molecule has 2 unspecified atom stereocenters. The van der Waals surface area contributed by atoms with Gasteiger partial charge in [0.25, 0.3) is 0 Å². The Morgan fingerprint density at radius 1 is 0.927 bits per heavy atom. The molecule has 9 nitrogen and oxygen atoms in total. The van der Waals surface area contributed by atoms with Gasteiger partial charge in [-0.15, -0.1) is 0 Å². The number of piperazine rings is 1. The third kappa shape index (κ3) is 4.17. The maximum absolute atomic E-state index is 6.48. The highest BCUT2D eigenvalue weighted by Crippen LogP contribution is 2.36. The van der Waals surface area contributed by atoms with Crippen LogP contribution in [0, 0.1) is 6.92 Å². The first kappa shape index (κ1) is 24.0. The summed E-state index contributed by atoms with van der Waals surface area (Å²) in [5.74, 6) is 2.00. The molecule has 0 spiro atoms. The number of hydrogen-bond donors (Lipinski definition) is 2. The molecule has 3 aliphatic heterocycles. The maximum atomic E-state index is 6.48. The van der Waals surface area contributed by atoms with Crippen LogP contribution in [-0.2, 0) is 6.54 Å². The van der Waals surface area contributed by atoms with E-state index in [1.807, 2.05) is 55.7 Å². The number of piperidine rings is 1. The minimum atomic E-state index is 0.434. The second-order valence-corrected chi connectivity index (χ2v) is 11.1. The van der Waals surface area contributed by atoms with Crippen molar-refractivity contribution in [2.24, 2.45) is 0 Å². The predicted molar refractivity (Wildman–Crippen MR) is 161 cm³/mol. The Morgan fingerprint density at radius 2 is 1.83 bits per heavy atom. The molecule has 3 fully saturated rings. The van der Waals surface area contributed by atoms with Crippen LogP contribution in [0.4, 0.5) is 11.6 Å². The van der Waals surface area contributed by atoms with Gasteiger partial charge in [-0.1, -0.05) is 24.3 Å². The van der Waals surface area contributed by atoms with Crippen molar-refractivity contribution in [1.82, 2.24) is 35.0 Å². The van der Waals surface area contributed by atoms with Gasteiger partial charge in [0.15, 0.2) is 5.82 Å². The average molecular weight is 540 g/mol. The molecule has 0 aliphatic carbocycles. The Kier molecular flexibility index (Phi) is 5.46.